The zero-order valence-corrected chi connectivity index (χ0v) is 16.3. The number of imide groups is 2. The zero-order valence-electron chi connectivity index (χ0n) is 15.4. The van der Waals surface area contributed by atoms with Gasteiger partial charge in [0.1, 0.15) is 0 Å². The minimum atomic E-state index is -0.857. The van der Waals surface area contributed by atoms with E-state index < -0.39 is 17.8 Å². The van der Waals surface area contributed by atoms with Gasteiger partial charge in [-0.2, -0.15) is 0 Å². The minimum Gasteiger partial charge on any atom is -0.350 e. The number of carbonyl (C=O) groups excluding carboxylic acids is 4. The number of urea groups is 1. The molecule has 0 atom stereocenters. The van der Waals surface area contributed by atoms with Crippen LogP contribution in [-0.2, 0) is 20.8 Å². The van der Waals surface area contributed by atoms with Gasteiger partial charge in [-0.15, -0.1) is 11.3 Å². The van der Waals surface area contributed by atoms with Crippen LogP contribution in [0.4, 0.5) is 4.79 Å². The molecule has 0 aliphatic carbocycles. The first-order valence-corrected chi connectivity index (χ1v) is 9.15. The minimum absolute atomic E-state index is 0.0116. The number of nitrogens with one attached hydrogen (secondary N) is 1. The number of hydrogen-bond acceptors (Lipinski definition) is 6. The van der Waals surface area contributed by atoms with Crippen LogP contribution >= 0.6 is 11.3 Å². The Morgan fingerprint density at radius 3 is 2.42 bits per heavy atom. The van der Waals surface area contributed by atoms with E-state index in [9.17, 15) is 19.2 Å². The van der Waals surface area contributed by atoms with E-state index in [-0.39, 0.29) is 31.2 Å². The SMILES string of the molecule is CN(CC(=O)NC(C)(C)C)CN1C(=O)C(=O)N(CCc2cccs2)C1=O. The third kappa shape index (κ3) is 5.12. The fourth-order valence-electron chi connectivity index (χ4n) is 2.54. The molecule has 0 spiro atoms. The van der Waals surface area contributed by atoms with Crippen LogP contribution in [0.3, 0.4) is 0 Å². The number of hydrogen-bond donors (Lipinski definition) is 1. The van der Waals surface area contributed by atoms with E-state index >= 15 is 0 Å². The lowest BCUT2D eigenvalue weighted by molar-refractivity contribution is -0.144. The van der Waals surface area contributed by atoms with Crippen LogP contribution in [-0.4, -0.2) is 70.8 Å². The molecule has 0 aromatic carbocycles. The highest BCUT2D eigenvalue weighted by molar-refractivity contribution is 7.09. The standard InChI is InChI=1S/C17H24N4O4S/c1-17(2,3)18-13(22)10-19(4)11-21-15(24)14(23)20(16(21)25)8-7-12-6-5-9-26-12/h5-6,9H,7-8,10-11H2,1-4H3,(H,18,22). The third-order valence-corrected chi connectivity index (χ3v) is 4.54. The normalized spacial score (nSPS) is 15.3. The largest absolute Gasteiger partial charge is 0.350 e. The maximum absolute atomic E-state index is 12.4. The average Bonchev–Trinajstić information content (AvgIpc) is 3.08. The molecule has 1 fully saturated rings. The Labute approximate surface area is 156 Å². The summed E-state index contributed by atoms with van der Waals surface area (Å²) in [6, 6.07) is 3.17. The molecule has 1 aromatic rings. The monoisotopic (exact) mass is 380 g/mol. The first kappa shape index (κ1) is 20.1. The van der Waals surface area contributed by atoms with Gasteiger partial charge >= 0.3 is 17.8 Å². The van der Waals surface area contributed by atoms with Crippen molar-refractivity contribution in [1.29, 1.82) is 0 Å². The predicted molar refractivity (Wildman–Crippen MR) is 97.4 cm³/mol. The Bertz CT molecular complexity index is 696. The van der Waals surface area contributed by atoms with Crippen LogP contribution in [0.5, 0.6) is 0 Å². The van der Waals surface area contributed by atoms with E-state index in [2.05, 4.69) is 5.32 Å². The number of rotatable bonds is 7. The van der Waals surface area contributed by atoms with Crippen LogP contribution in [0.2, 0.25) is 0 Å². The number of nitrogens with zero attached hydrogens (tertiary/aromatic N) is 3. The Morgan fingerprint density at radius 1 is 1.19 bits per heavy atom. The van der Waals surface area contributed by atoms with Crippen LogP contribution in [0, 0.1) is 0 Å². The van der Waals surface area contributed by atoms with Gasteiger partial charge in [0.2, 0.25) is 5.91 Å². The summed E-state index contributed by atoms with van der Waals surface area (Å²) < 4.78 is 0. The van der Waals surface area contributed by atoms with E-state index in [1.165, 1.54) is 16.2 Å². The van der Waals surface area contributed by atoms with Crippen LogP contribution in [0.15, 0.2) is 17.5 Å². The molecule has 2 rings (SSSR count). The van der Waals surface area contributed by atoms with Gasteiger partial charge in [-0.3, -0.25) is 24.2 Å². The Morgan fingerprint density at radius 2 is 1.85 bits per heavy atom. The number of amides is 5. The second-order valence-electron chi connectivity index (χ2n) is 7.26. The average molecular weight is 380 g/mol. The van der Waals surface area contributed by atoms with E-state index in [0.717, 1.165) is 14.7 Å². The predicted octanol–water partition coefficient (Wildman–Crippen LogP) is 0.885. The summed E-state index contributed by atoms with van der Waals surface area (Å²) in [5.41, 5.74) is -0.369. The fraction of sp³-hybridized carbons (Fsp3) is 0.529. The molecule has 142 valence electrons. The molecule has 0 bridgehead atoms. The molecule has 0 saturated carbocycles. The summed E-state index contributed by atoms with van der Waals surface area (Å²) in [6.07, 6.45) is 0.514. The van der Waals surface area contributed by atoms with Gasteiger partial charge in [0, 0.05) is 23.4 Å². The smallest absolute Gasteiger partial charge is 0.335 e. The molecule has 1 aromatic heterocycles. The van der Waals surface area contributed by atoms with Crippen molar-refractivity contribution in [1.82, 2.24) is 20.0 Å². The zero-order chi connectivity index (χ0) is 19.5. The van der Waals surface area contributed by atoms with E-state index in [0.29, 0.717) is 6.42 Å². The first-order chi connectivity index (χ1) is 12.1. The van der Waals surface area contributed by atoms with Crippen molar-refractivity contribution in [2.75, 3.05) is 26.8 Å². The van der Waals surface area contributed by atoms with Crippen molar-refractivity contribution in [3.05, 3.63) is 22.4 Å². The molecule has 2 heterocycles. The molecule has 1 saturated heterocycles. The van der Waals surface area contributed by atoms with Gasteiger partial charge in [0.25, 0.3) is 0 Å². The molecule has 0 unspecified atom stereocenters. The molecule has 5 amide bonds. The van der Waals surface area contributed by atoms with Crippen molar-refractivity contribution in [2.24, 2.45) is 0 Å². The molecule has 8 nitrogen and oxygen atoms in total. The highest BCUT2D eigenvalue weighted by atomic mass is 32.1. The van der Waals surface area contributed by atoms with Gasteiger partial charge in [-0.05, 0) is 39.3 Å². The number of thiophene rings is 1. The summed E-state index contributed by atoms with van der Waals surface area (Å²) in [5.74, 6) is -1.90. The highest BCUT2D eigenvalue weighted by Gasteiger charge is 2.44. The maximum atomic E-state index is 12.4. The lowest BCUT2D eigenvalue weighted by atomic mass is 10.1. The van der Waals surface area contributed by atoms with Crippen molar-refractivity contribution in [2.45, 2.75) is 32.7 Å². The Balaban J connectivity index is 1.92. The van der Waals surface area contributed by atoms with Crippen molar-refractivity contribution < 1.29 is 19.2 Å². The maximum Gasteiger partial charge on any atom is 0.335 e. The summed E-state index contributed by atoms with van der Waals surface area (Å²) >= 11 is 1.53. The number of carbonyl (C=O) groups is 4. The summed E-state index contributed by atoms with van der Waals surface area (Å²) in [5, 5.41) is 4.72. The molecule has 9 heteroatoms. The highest BCUT2D eigenvalue weighted by Crippen LogP contribution is 2.15. The van der Waals surface area contributed by atoms with Crippen LogP contribution in [0.1, 0.15) is 25.6 Å². The van der Waals surface area contributed by atoms with Gasteiger partial charge in [0.05, 0.1) is 13.2 Å². The van der Waals surface area contributed by atoms with Crippen molar-refractivity contribution >= 4 is 35.1 Å². The first-order valence-electron chi connectivity index (χ1n) is 8.28. The van der Waals surface area contributed by atoms with Gasteiger partial charge in [0.15, 0.2) is 0 Å². The van der Waals surface area contributed by atoms with E-state index in [4.69, 9.17) is 0 Å². The van der Waals surface area contributed by atoms with Gasteiger partial charge in [-0.1, -0.05) is 6.07 Å². The quantitative estimate of drug-likeness (QED) is 0.560. The summed E-state index contributed by atoms with van der Waals surface area (Å²) in [6.45, 7) is 5.65. The second-order valence-corrected chi connectivity index (χ2v) is 8.29. The Hall–Kier alpha value is -2.26. The fourth-order valence-corrected chi connectivity index (χ4v) is 3.24. The molecule has 1 aliphatic rings. The molecule has 26 heavy (non-hydrogen) atoms. The lowest BCUT2D eigenvalue weighted by Crippen LogP contribution is -2.48. The lowest BCUT2D eigenvalue weighted by Gasteiger charge is -2.25. The Kier molecular flexibility index (Phi) is 6.14. The summed E-state index contributed by atoms with van der Waals surface area (Å²) in [7, 11) is 1.61. The third-order valence-electron chi connectivity index (χ3n) is 3.61. The van der Waals surface area contributed by atoms with E-state index in [1.807, 2.05) is 38.3 Å². The summed E-state index contributed by atoms with van der Waals surface area (Å²) in [4.78, 5) is 53.0. The van der Waals surface area contributed by atoms with Crippen molar-refractivity contribution in [3.63, 3.8) is 0 Å². The van der Waals surface area contributed by atoms with Gasteiger partial charge in [-0.25, -0.2) is 9.69 Å². The van der Waals surface area contributed by atoms with Gasteiger partial charge < -0.3 is 5.32 Å². The molecule has 1 N–H and O–H groups in total. The molecular formula is C17H24N4O4S. The van der Waals surface area contributed by atoms with E-state index in [1.54, 1.807) is 7.05 Å². The van der Waals surface area contributed by atoms with Crippen molar-refractivity contribution in [3.8, 4) is 0 Å². The molecule has 1 aliphatic heterocycles. The topological polar surface area (TPSA) is 90.0 Å². The van der Waals surface area contributed by atoms with Crippen LogP contribution < -0.4 is 5.32 Å². The van der Waals surface area contributed by atoms with Crippen LogP contribution in [0.25, 0.3) is 0 Å². The molecule has 0 radical (unpaired) electrons. The second kappa shape index (κ2) is 7.96. The molecular weight excluding hydrogens is 356 g/mol. The number of likely N-dealkylation sites (N-methyl/N-ethyl adjacent to an activating group) is 1.